The smallest absolute Gasteiger partial charge is 0.309 e. The zero-order valence-corrected chi connectivity index (χ0v) is 11.7. The van der Waals surface area contributed by atoms with Crippen LogP contribution < -0.4 is 4.74 Å². The summed E-state index contributed by atoms with van der Waals surface area (Å²) in [5, 5.41) is 10.3. The molecule has 0 unspecified atom stereocenters. The Kier molecular flexibility index (Phi) is 3.27. The van der Waals surface area contributed by atoms with Crippen molar-refractivity contribution in [1.29, 1.82) is 0 Å². The van der Waals surface area contributed by atoms with Crippen LogP contribution in [0.4, 0.5) is 0 Å². The molecule has 0 fully saturated rings. The van der Waals surface area contributed by atoms with Crippen LogP contribution in [0.15, 0.2) is 24.3 Å². The molecule has 0 aliphatic carbocycles. The van der Waals surface area contributed by atoms with Gasteiger partial charge in [-0.1, -0.05) is 12.1 Å². The fraction of sp³-hybridized carbons (Fsp3) is 0.400. The number of hydrogen-bond donors (Lipinski definition) is 1. The van der Waals surface area contributed by atoms with Gasteiger partial charge in [0.2, 0.25) is 0 Å². The lowest BCUT2D eigenvalue weighted by atomic mass is 9.88. The average Bonchev–Trinajstić information content (AvgIpc) is 2.65. The van der Waals surface area contributed by atoms with E-state index >= 15 is 0 Å². The van der Waals surface area contributed by atoms with E-state index < -0.39 is 11.4 Å². The van der Waals surface area contributed by atoms with Crippen LogP contribution in [0.2, 0.25) is 0 Å². The molecule has 0 bridgehead atoms. The van der Waals surface area contributed by atoms with E-state index in [9.17, 15) is 9.90 Å². The lowest BCUT2D eigenvalue weighted by Gasteiger charge is -2.19. The van der Waals surface area contributed by atoms with Crippen LogP contribution in [0.5, 0.6) is 5.75 Å². The van der Waals surface area contributed by atoms with Gasteiger partial charge in [-0.05, 0) is 26.0 Å². The number of para-hydroxylation sites is 1. The molecular formula is C15H19NO3. The van der Waals surface area contributed by atoms with E-state index in [4.69, 9.17) is 4.74 Å². The Morgan fingerprint density at radius 2 is 2.11 bits per heavy atom. The third-order valence-electron chi connectivity index (χ3n) is 3.54. The van der Waals surface area contributed by atoms with Crippen LogP contribution >= 0.6 is 0 Å². The maximum atomic E-state index is 11.2. The molecule has 2 rings (SSSR count). The summed E-state index contributed by atoms with van der Waals surface area (Å²) < 4.78 is 7.37. The van der Waals surface area contributed by atoms with Crippen molar-refractivity contribution in [2.24, 2.45) is 12.5 Å². The van der Waals surface area contributed by atoms with E-state index in [1.807, 2.05) is 35.9 Å². The van der Waals surface area contributed by atoms with Crippen molar-refractivity contribution in [2.45, 2.75) is 20.3 Å². The van der Waals surface area contributed by atoms with Gasteiger partial charge in [-0.3, -0.25) is 4.79 Å². The summed E-state index contributed by atoms with van der Waals surface area (Å²) in [5.74, 6) is 0.0177. The molecule has 1 heterocycles. The number of hydrogen-bond acceptors (Lipinski definition) is 2. The highest BCUT2D eigenvalue weighted by molar-refractivity contribution is 5.87. The number of fused-ring (bicyclic) bond motifs is 1. The SMILES string of the molecule is COc1cccc2cc(CC(C)(C)C(=O)O)n(C)c12. The van der Waals surface area contributed by atoms with Crippen molar-refractivity contribution in [3.63, 3.8) is 0 Å². The first kappa shape index (κ1) is 13.5. The average molecular weight is 261 g/mol. The summed E-state index contributed by atoms with van der Waals surface area (Å²) in [7, 11) is 3.58. The number of carboxylic acids is 1. The highest BCUT2D eigenvalue weighted by Crippen LogP contribution is 2.31. The second-order valence-corrected chi connectivity index (χ2v) is 5.46. The summed E-state index contributed by atoms with van der Waals surface area (Å²) in [6, 6.07) is 7.89. The van der Waals surface area contributed by atoms with Crippen molar-refractivity contribution in [3.05, 3.63) is 30.0 Å². The number of aromatic nitrogens is 1. The molecule has 0 aliphatic heterocycles. The molecular weight excluding hydrogens is 242 g/mol. The number of carbonyl (C=O) groups is 1. The summed E-state index contributed by atoms with van der Waals surface area (Å²) in [6.45, 7) is 3.48. The van der Waals surface area contributed by atoms with E-state index in [1.165, 1.54) is 0 Å². The van der Waals surface area contributed by atoms with Gasteiger partial charge in [-0.15, -0.1) is 0 Å². The number of methoxy groups -OCH3 is 1. The molecule has 0 radical (unpaired) electrons. The van der Waals surface area contributed by atoms with E-state index in [2.05, 4.69) is 0 Å². The lowest BCUT2D eigenvalue weighted by molar-refractivity contribution is -0.146. The minimum Gasteiger partial charge on any atom is -0.495 e. The van der Waals surface area contributed by atoms with Gasteiger partial charge < -0.3 is 14.4 Å². The van der Waals surface area contributed by atoms with Gasteiger partial charge in [0.05, 0.1) is 18.0 Å². The minimum absolute atomic E-state index is 0.483. The van der Waals surface area contributed by atoms with Gasteiger partial charge in [0.1, 0.15) is 5.75 Å². The molecule has 0 amide bonds. The Labute approximate surface area is 112 Å². The molecule has 1 aromatic carbocycles. The third kappa shape index (κ3) is 2.30. The molecule has 0 atom stereocenters. The van der Waals surface area contributed by atoms with E-state index in [1.54, 1.807) is 21.0 Å². The van der Waals surface area contributed by atoms with E-state index in [0.29, 0.717) is 6.42 Å². The fourth-order valence-corrected chi connectivity index (χ4v) is 2.30. The highest BCUT2D eigenvalue weighted by Gasteiger charge is 2.29. The van der Waals surface area contributed by atoms with Crippen LogP contribution in [0, 0.1) is 5.41 Å². The number of nitrogens with zero attached hydrogens (tertiary/aromatic N) is 1. The second kappa shape index (κ2) is 4.61. The van der Waals surface area contributed by atoms with Crippen LogP contribution in [0.1, 0.15) is 19.5 Å². The second-order valence-electron chi connectivity index (χ2n) is 5.46. The first-order chi connectivity index (χ1) is 8.86. The van der Waals surface area contributed by atoms with Gasteiger partial charge in [-0.2, -0.15) is 0 Å². The topological polar surface area (TPSA) is 51.5 Å². The fourth-order valence-electron chi connectivity index (χ4n) is 2.30. The maximum Gasteiger partial charge on any atom is 0.309 e. The maximum absolute atomic E-state index is 11.2. The number of aliphatic carboxylic acids is 1. The molecule has 19 heavy (non-hydrogen) atoms. The lowest BCUT2D eigenvalue weighted by Crippen LogP contribution is -2.27. The monoisotopic (exact) mass is 261 g/mol. The van der Waals surface area contributed by atoms with Crippen LogP contribution in [-0.2, 0) is 18.3 Å². The Bertz CT molecular complexity index is 626. The molecule has 102 valence electrons. The van der Waals surface area contributed by atoms with Crippen molar-refractivity contribution in [2.75, 3.05) is 7.11 Å². The molecule has 0 spiro atoms. The molecule has 4 nitrogen and oxygen atoms in total. The minimum atomic E-state index is -0.787. The van der Waals surface area contributed by atoms with Crippen LogP contribution in [-0.4, -0.2) is 22.8 Å². The Morgan fingerprint density at radius 1 is 1.42 bits per heavy atom. The zero-order valence-electron chi connectivity index (χ0n) is 11.7. The number of benzene rings is 1. The zero-order chi connectivity index (χ0) is 14.2. The van der Waals surface area contributed by atoms with Crippen molar-refractivity contribution in [1.82, 2.24) is 4.57 Å². The van der Waals surface area contributed by atoms with Crippen molar-refractivity contribution < 1.29 is 14.6 Å². The van der Waals surface area contributed by atoms with Gasteiger partial charge in [0, 0.05) is 24.5 Å². The standard InChI is InChI=1S/C15H19NO3/c1-15(2,14(17)18)9-11-8-10-6-5-7-12(19-4)13(10)16(11)3/h5-8H,9H2,1-4H3,(H,17,18). The summed E-state index contributed by atoms with van der Waals surface area (Å²) in [6.07, 6.45) is 0.483. The van der Waals surface area contributed by atoms with Crippen molar-refractivity contribution >= 4 is 16.9 Å². The number of ether oxygens (including phenoxy) is 1. The third-order valence-corrected chi connectivity index (χ3v) is 3.54. The molecule has 0 aliphatic rings. The first-order valence-corrected chi connectivity index (χ1v) is 6.21. The number of carboxylic acid groups (broad SMARTS) is 1. The quantitative estimate of drug-likeness (QED) is 0.920. The largest absolute Gasteiger partial charge is 0.495 e. The summed E-state index contributed by atoms with van der Waals surface area (Å²) in [4.78, 5) is 11.2. The highest BCUT2D eigenvalue weighted by atomic mass is 16.5. The Balaban J connectivity index is 2.52. The summed E-state index contributed by atoms with van der Waals surface area (Å²) >= 11 is 0. The first-order valence-electron chi connectivity index (χ1n) is 6.21. The van der Waals surface area contributed by atoms with Gasteiger partial charge in [-0.25, -0.2) is 0 Å². The predicted molar refractivity (Wildman–Crippen MR) is 74.6 cm³/mol. The van der Waals surface area contributed by atoms with Crippen molar-refractivity contribution in [3.8, 4) is 5.75 Å². The van der Waals surface area contributed by atoms with Crippen LogP contribution in [0.25, 0.3) is 10.9 Å². The number of aryl methyl sites for hydroxylation is 1. The molecule has 4 heteroatoms. The van der Waals surface area contributed by atoms with Crippen LogP contribution in [0.3, 0.4) is 0 Å². The summed E-state index contributed by atoms with van der Waals surface area (Å²) in [5.41, 5.74) is 1.21. The normalized spacial score (nSPS) is 11.8. The molecule has 1 N–H and O–H groups in total. The van der Waals surface area contributed by atoms with E-state index in [0.717, 1.165) is 22.3 Å². The molecule has 0 saturated heterocycles. The molecule has 2 aromatic rings. The Hall–Kier alpha value is -1.97. The van der Waals surface area contributed by atoms with Gasteiger partial charge >= 0.3 is 5.97 Å². The van der Waals surface area contributed by atoms with E-state index in [-0.39, 0.29) is 0 Å². The number of rotatable bonds is 4. The Morgan fingerprint density at radius 3 is 2.68 bits per heavy atom. The predicted octanol–water partition coefficient (Wildman–Crippen LogP) is 2.84. The molecule has 0 saturated carbocycles. The van der Waals surface area contributed by atoms with Gasteiger partial charge in [0.15, 0.2) is 0 Å². The van der Waals surface area contributed by atoms with Gasteiger partial charge in [0.25, 0.3) is 0 Å². The molecule has 1 aromatic heterocycles.